The number of hydrazine groups is 1. The van der Waals surface area contributed by atoms with E-state index in [0.29, 0.717) is 11.1 Å². The lowest BCUT2D eigenvalue weighted by molar-refractivity contribution is 0.515. The molecule has 88 valence electrons. The first-order chi connectivity index (χ1) is 8.22. The zero-order valence-electron chi connectivity index (χ0n) is 9.06. The fourth-order valence-corrected chi connectivity index (χ4v) is 2.43. The van der Waals surface area contributed by atoms with Crippen LogP contribution in [0.15, 0.2) is 12.1 Å². The second-order valence-corrected chi connectivity index (χ2v) is 4.17. The molecule has 1 aromatic heterocycles. The van der Waals surface area contributed by atoms with E-state index in [2.05, 4.69) is 10.4 Å². The molecule has 0 radical (unpaired) electrons. The minimum atomic E-state index is -0.909. The number of rotatable bonds is 1. The average Bonchev–Trinajstić information content (AvgIpc) is 2.79. The Labute approximate surface area is 96.6 Å². The minimum Gasteiger partial charge on any atom is -0.323 e. The van der Waals surface area contributed by atoms with Crippen LogP contribution in [0.25, 0.3) is 10.9 Å². The van der Waals surface area contributed by atoms with E-state index in [9.17, 15) is 8.78 Å². The quantitative estimate of drug-likeness (QED) is 0.589. The van der Waals surface area contributed by atoms with Gasteiger partial charge in [-0.3, -0.25) is 5.84 Å². The SMILES string of the molecule is NNc1c2c(nc3c(F)c(F)ccc13)CCC2. The summed E-state index contributed by atoms with van der Waals surface area (Å²) in [5.41, 5.74) is 5.14. The molecular weight excluding hydrogens is 224 g/mol. The summed E-state index contributed by atoms with van der Waals surface area (Å²) in [6.07, 6.45) is 2.63. The number of hydrogen-bond donors (Lipinski definition) is 2. The summed E-state index contributed by atoms with van der Waals surface area (Å²) in [4.78, 5) is 4.21. The van der Waals surface area contributed by atoms with E-state index in [0.717, 1.165) is 36.6 Å². The molecule has 0 spiro atoms. The number of benzene rings is 1. The van der Waals surface area contributed by atoms with Crippen molar-refractivity contribution in [3.8, 4) is 0 Å². The number of nitrogen functional groups attached to an aromatic ring is 1. The maximum absolute atomic E-state index is 13.7. The van der Waals surface area contributed by atoms with Crippen molar-refractivity contribution < 1.29 is 8.78 Å². The Morgan fingerprint density at radius 2 is 2.06 bits per heavy atom. The van der Waals surface area contributed by atoms with Gasteiger partial charge in [-0.25, -0.2) is 13.8 Å². The summed E-state index contributed by atoms with van der Waals surface area (Å²) in [7, 11) is 0. The molecule has 3 rings (SSSR count). The highest BCUT2D eigenvalue weighted by atomic mass is 19.2. The molecule has 0 fully saturated rings. The summed E-state index contributed by atoms with van der Waals surface area (Å²) < 4.78 is 26.8. The smallest absolute Gasteiger partial charge is 0.185 e. The van der Waals surface area contributed by atoms with Gasteiger partial charge >= 0.3 is 0 Å². The van der Waals surface area contributed by atoms with Crippen molar-refractivity contribution in [2.75, 3.05) is 5.43 Å². The van der Waals surface area contributed by atoms with Crippen molar-refractivity contribution >= 4 is 16.6 Å². The number of hydrogen-bond acceptors (Lipinski definition) is 3. The zero-order chi connectivity index (χ0) is 12.0. The standard InChI is InChI=1S/C12H11F2N3/c13-8-5-4-7-11(17-15)6-2-1-3-9(6)16-12(7)10(8)14/h4-5H,1-3,15H2,(H,16,17). The molecule has 0 amide bonds. The predicted molar refractivity (Wildman–Crippen MR) is 61.5 cm³/mol. The second kappa shape index (κ2) is 3.63. The molecule has 3 nitrogen and oxygen atoms in total. The van der Waals surface area contributed by atoms with Crippen molar-refractivity contribution in [3.05, 3.63) is 35.0 Å². The highest BCUT2D eigenvalue weighted by molar-refractivity contribution is 5.93. The number of nitrogens with two attached hydrogens (primary N) is 1. The third-order valence-electron chi connectivity index (χ3n) is 3.22. The number of nitrogens with one attached hydrogen (secondary N) is 1. The normalized spacial score (nSPS) is 14.1. The van der Waals surface area contributed by atoms with Crippen LogP contribution in [0.3, 0.4) is 0 Å². The molecule has 1 heterocycles. The lowest BCUT2D eigenvalue weighted by Gasteiger charge is -2.12. The average molecular weight is 235 g/mol. The Morgan fingerprint density at radius 3 is 2.82 bits per heavy atom. The van der Waals surface area contributed by atoms with E-state index in [1.54, 1.807) is 0 Å². The number of fused-ring (bicyclic) bond motifs is 2. The van der Waals surface area contributed by atoms with Gasteiger partial charge in [-0.05, 0) is 37.0 Å². The first-order valence-electron chi connectivity index (χ1n) is 5.48. The summed E-state index contributed by atoms with van der Waals surface area (Å²) in [5, 5.41) is 0.534. The van der Waals surface area contributed by atoms with Gasteiger partial charge in [-0.2, -0.15) is 0 Å². The molecule has 5 heteroatoms. The number of nitrogens with zero attached hydrogens (tertiary/aromatic N) is 1. The van der Waals surface area contributed by atoms with Crippen LogP contribution in [-0.2, 0) is 12.8 Å². The van der Waals surface area contributed by atoms with E-state index in [1.807, 2.05) is 0 Å². The maximum atomic E-state index is 13.7. The van der Waals surface area contributed by atoms with Gasteiger partial charge in [-0.15, -0.1) is 0 Å². The van der Waals surface area contributed by atoms with Gasteiger partial charge in [0, 0.05) is 11.1 Å². The lowest BCUT2D eigenvalue weighted by atomic mass is 10.1. The summed E-state index contributed by atoms with van der Waals surface area (Å²) in [5.74, 6) is 3.69. The molecule has 1 aliphatic carbocycles. The monoisotopic (exact) mass is 235 g/mol. The number of anilines is 1. The van der Waals surface area contributed by atoms with Crippen LogP contribution in [0.1, 0.15) is 17.7 Å². The Kier molecular flexibility index (Phi) is 2.22. The summed E-state index contributed by atoms with van der Waals surface area (Å²) in [6, 6.07) is 2.61. The topological polar surface area (TPSA) is 50.9 Å². The highest BCUT2D eigenvalue weighted by Gasteiger charge is 2.21. The fourth-order valence-electron chi connectivity index (χ4n) is 2.43. The fraction of sp³-hybridized carbons (Fsp3) is 0.250. The van der Waals surface area contributed by atoms with Crippen LogP contribution < -0.4 is 11.3 Å². The Bertz CT molecular complexity index is 610. The molecule has 0 aliphatic heterocycles. The highest BCUT2D eigenvalue weighted by Crippen LogP contribution is 2.34. The van der Waals surface area contributed by atoms with E-state index >= 15 is 0 Å². The molecule has 0 saturated heterocycles. The Hall–Kier alpha value is -1.75. The molecule has 1 aliphatic rings. The molecule has 0 bridgehead atoms. The Balaban J connectivity index is 2.44. The van der Waals surface area contributed by atoms with Crippen molar-refractivity contribution in [3.63, 3.8) is 0 Å². The van der Waals surface area contributed by atoms with E-state index in [1.165, 1.54) is 6.07 Å². The largest absolute Gasteiger partial charge is 0.323 e. The lowest BCUT2D eigenvalue weighted by Crippen LogP contribution is -2.11. The number of pyridine rings is 1. The van der Waals surface area contributed by atoms with Gasteiger partial charge < -0.3 is 5.43 Å². The van der Waals surface area contributed by atoms with Gasteiger partial charge in [0.25, 0.3) is 0 Å². The summed E-state index contributed by atoms with van der Waals surface area (Å²) >= 11 is 0. The van der Waals surface area contributed by atoms with Gasteiger partial charge in [0.1, 0.15) is 5.52 Å². The van der Waals surface area contributed by atoms with Gasteiger partial charge in [0.15, 0.2) is 11.6 Å². The van der Waals surface area contributed by atoms with Crippen LogP contribution in [0.5, 0.6) is 0 Å². The van der Waals surface area contributed by atoms with Gasteiger partial charge in [0.05, 0.1) is 5.69 Å². The van der Waals surface area contributed by atoms with Gasteiger partial charge in [-0.1, -0.05) is 0 Å². The van der Waals surface area contributed by atoms with Crippen LogP contribution >= 0.6 is 0 Å². The van der Waals surface area contributed by atoms with Crippen LogP contribution in [-0.4, -0.2) is 4.98 Å². The Morgan fingerprint density at radius 1 is 1.24 bits per heavy atom. The first kappa shape index (κ1) is 10.4. The van der Waals surface area contributed by atoms with Crippen molar-refractivity contribution in [1.82, 2.24) is 4.98 Å². The maximum Gasteiger partial charge on any atom is 0.185 e. The number of halogens is 2. The molecule has 0 unspecified atom stereocenters. The third kappa shape index (κ3) is 1.39. The van der Waals surface area contributed by atoms with Crippen molar-refractivity contribution in [2.24, 2.45) is 5.84 Å². The first-order valence-corrected chi connectivity index (χ1v) is 5.48. The van der Waals surface area contributed by atoms with E-state index < -0.39 is 11.6 Å². The van der Waals surface area contributed by atoms with Crippen LogP contribution in [0.2, 0.25) is 0 Å². The molecule has 0 saturated carbocycles. The van der Waals surface area contributed by atoms with Crippen LogP contribution in [0, 0.1) is 11.6 Å². The second-order valence-electron chi connectivity index (χ2n) is 4.17. The molecule has 1 aromatic carbocycles. The van der Waals surface area contributed by atoms with Gasteiger partial charge in [0.2, 0.25) is 0 Å². The molecule has 0 atom stereocenters. The summed E-state index contributed by atoms with van der Waals surface area (Å²) in [6.45, 7) is 0. The number of aromatic nitrogens is 1. The molecular formula is C12H11F2N3. The van der Waals surface area contributed by atoms with Crippen molar-refractivity contribution in [1.29, 1.82) is 0 Å². The number of aryl methyl sites for hydroxylation is 1. The van der Waals surface area contributed by atoms with E-state index in [-0.39, 0.29) is 5.52 Å². The molecule has 3 N–H and O–H groups in total. The molecule has 2 aromatic rings. The van der Waals surface area contributed by atoms with Crippen molar-refractivity contribution in [2.45, 2.75) is 19.3 Å². The third-order valence-corrected chi connectivity index (χ3v) is 3.22. The molecule has 17 heavy (non-hydrogen) atoms. The van der Waals surface area contributed by atoms with Crippen LogP contribution in [0.4, 0.5) is 14.5 Å². The predicted octanol–water partition coefficient (Wildman–Crippen LogP) is 2.29. The zero-order valence-corrected chi connectivity index (χ0v) is 9.06. The minimum absolute atomic E-state index is 0.0543. The van der Waals surface area contributed by atoms with E-state index in [4.69, 9.17) is 5.84 Å².